The van der Waals surface area contributed by atoms with E-state index in [9.17, 15) is 0 Å². The molecule has 0 saturated heterocycles. The van der Waals surface area contributed by atoms with Crippen molar-refractivity contribution in [3.8, 4) is 11.5 Å². The van der Waals surface area contributed by atoms with Gasteiger partial charge in [-0.3, -0.25) is 4.98 Å². The fourth-order valence-electron chi connectivity index (χ4n) is 1.08. The Morgan fingerprint density at radius 3 is 3.00 bits per heavy atom. The summed E-state index contributed by atoms with van der Waals surface area (Å²) in [7, 11) is 0. The van der Waals surface area contributed by atoms with Gasteiger partial charge in [-0.1, -0.05) is 12.1 Å². The minimum atomic E-state index is -0.220. The normalized spacial score (nSPS) is 12.7. The van der Waals surface area contributed by atoms with Crippen molar-refractivity contribution in [1.82, 2.24) is 20.1 Å². The average Bonchev–Trinajstić information content (AvgIpc) is 2.78. The van der Waals surface area contributed by atoms with Gasteiger partial charge in [-0.05, 0) is 6.42 Å². The summed E-state index contributed by atoms with van der Waals surface area (Å²) < 4.78 is 5.02. The third-order valence-electron chi connectivity index (χ3n) is 1.99. The maximum absolute atomic E-state index is 5.75. The highest BCUT2D eigenvalue weighted by Crippen LogP contribution is 2.15. The topological polar surface area (TPSA) is 90.7 Å². The molecule has 6 nitrogen and oxygen atoms in total. The van der Waals surface area contributed by atoms with Crippen LogP contribution in [0.25, 0.3) is 11.5 Å². The lowest BCUT2D eigenvalue weighted by atomic mass is 10.2. The van der Waals surface area contributed by atoms with Gasteiger partial charge in [0.1, 0.15) is 5.69 Å². The summed E-state index contributed by atoms with van der Waals surface area (Å²) in [6, 6.07) is -0.220. The molecule has 0 radical (unpaired) electrons. The molecule has 15 heavy (non-hydrogen) atoms. The van der Waals surface area contributed by atoms with E-state index >= 15 is 0 Å². The summed E-state index contributed by atoms with van der Waals surface area (Å²) in [4.78, 5) is 12.1. The molecule has 78 valence electrons. The molecule has 0 aliphatic rings. The maximum Gasteiger partial charge on any atom is 0.243 e. The zero-order chi connectivity index (χ0) is 10.7. The largest absolute Gasteiger partial charge is 0.337 e. The van der Waals surface area contributed by atoms with Crippen LogP contribution in [0.5, 0.6) is 0 Å². The van der Waals surface area contributed by atoms with Gasteiger partial charge < -0.3 is 10.3 Å². The summed E-state index contributed by atoms with van der Waals surface area (Å²) in [5.74, 6) is 0.847. The highest BCUT2D eigenvalue weighted by atomic mass is 16.5. The molecule has 1 atom stereocenters. The van der Waals surface area contributed by atoms with Gasteiger partial charge in [0.05, 0.1) is 12.2 Å². The molecule has 0 aliphatic carbocycles. The first-order valence-corrected chi connectivity index (χ1v) is 4.67. The molecule has 2 N–H and O–H groups in total. The first-order valence-electron chi connectivity index (χ1n) is 4.67. The van der Waals surface area contributed by atoms with Crippen molar-refractivity contribution in [2.24, 2.45) is 5.73 Å². The monoisotopic (exact) mass is 205 g/mol. The Bertz CT molecular complexity index is 427. The van der Waals surface area contributed by atoms with E-state index in [-0.39, 0.29) is 6.04 Å². The van der Waals surface area contributed by atoms with E-state index in [2.05, 4.69) is 20.1 Å². The fraction of sp³-hybridized carbons (Fsp3) is 0.333. The Hall–Kier alpha value is -1.82. The summed E-state index contributed by atoms with van der Waals surface area (Å²) in [5.41, 5.74) is 6.33. The van der Waals surface area contributed by atoms with Crippen molar-refractivity contribution in [3.63, 3.8) is 0 Å². The molecule has 0 bridgehead atoms. The summed E-state index contributed by atoms with van der Waals surface area (Å²) in [6.07, 6.45) is 5.49. The summed E-state index contributed by atoms with van der Waals surface area (Å²) in [6.45, 7) is 1.96. The van der Waals surface area contributed by atoms with Crippen LogP contribution in [-0.2, 0) is 0 Å². The molecule has 0 amide bonds. The molecule has 2 heterocycles. The van der Waals surface area contributed by atoms with Crippen LogP contribution in [0.4, 0.5) is 0 Å². The molecule has 0 aromatic carbocycles. The van der Waals surface area contributed by atoms with Gasteiger partial charge in [0.2, 0.25) is 11.7 Å². The van der Waals surface area contributed by atoms with Crippen molar-refractivity contribution in [2.45, 2.75) is 19.4 Å². The molecule has 2 aromatic heterocycles. The molecule has 0 fully saturated rings. The van der Waals surface area contributed by atoms with Crippen LogP contribution in [-0.4, -0.2) is 20.1 Å². The highest BCUT2D eigenvalue weighted by molar-refractivity contribution is 5.45. The smallest absolute Gasteiger partial charge is 0.243 e. The van der Waals surface area contributed by atoms with Crippen LogP contribution in [0.1, 0.15) is 25.3 Å². The molecule has 2 rings (SSSR count). The molecular formula is C9H11N5O. The van der Waals surface area contributed by atoms with Gasteiger partial charge in [0.15, 0.2) is 0 Å². The Labute approximate surface area is 86.5 Å². The first-order chi connectivity index (χ1) is 7.31. The SMILES string of the molecule is CC[C@@H](N)c1nc(-c2cnccn2)no1. The lowest BCUT2D eigenvalue weighted by molar-refractivity contribution is 0.352. The lowest BCUT2D eigenvalue weighted by Crippen LogP contribution is -2.08. The summed E-state index contributed by atoms with van der Waals surface area (Å²) >= 11 is 0. The van der Waals surface area contributed by atoms with Crippen molar-refractivity contribution < 1.29 is 4.52 Å². The number of nitrogens with zero attached hydrogens (tertiary/aromatic N) is 4. The van der Waals surface area contributed by atoms with Gasteiger partial charge >= 0.3 is 0 Å². The Kier molecular flexibility index (Phi) is 2.68. The third-order valence-corrected chi connectivity index (χ3v) is 1.99. The molecule has 6 heteroatoms. The van der Waals surface area contributed by atoms with E-state index in [1.807, 2.05) is 6.92 Å². The van der Waals surface area contributed by atoms with E-state index in [4.69, 9.17) is 10.3 Å². The van der Waals surface area contributed by atoms with Crippen molar-refractivity contribution in [3.05, 3.63) is 24.5 Å². The van der Waals surface area contributed by atoms with Crippen molar-refractivity contribution in [2.75, 3.05) is 0 Å². The van der Waals surface area contributed by atoms with Crippen LogP contribution in [0, 0.1) is 0 Å². The van der Waals surface area contributed by atoms with Gasteiger partial charge in [0.25, 0.3) is 0 Å². The van der Waals surface area contributed by atoms with Gasteiger partial charge in [-0.15, -0.1) is 0 Å². The second-order valence-electron chi connectivity index (χ2n) is 3.06. The Morgan fingerprint density at radius 2 is 2.33 bits per heavy atom. The molecular weight excluding hydrogens is 194 g/mol. The molecule has 0 aliphatic heterocycles. The second kappa shape index (κ2) is 4.14. The maximum atomic E-state index is 5.75. The van der Waals surface area contributed by atoms with Gasteiger partial charge in [-0.2, -0.15) is 4.98 Å². The van der Waals surface area contributed by atoms with Crippen LogP contribution in [0.15, 0.2) is 23.1 Å². The van der Waals surface area contributed by atoms with Gasteiger partial charge in [0, 0.05) is 12.4 Å². The van der Waals surface area contributed by atoms with Crippen LogP contribution in [0.2, 0.25) is 0 Å². The zero-order valence-corrected chi connectivity index (χ0v) is 8.29. The number of hydrogen-bond donors (Lipinski definition) is 1. The van der Waals surface area contributed by atoms with Crippen LogP contribution in [0.3, 0.4) is 0 Å². The zero-order valence-electron chi connectivity index (χ0n) is 8.29. The van der Waals surface area contributed by atoms with E-state index in [0.717, 1.165) is 6.42 Å². The average molecular weight is 205 g/mol. The third kappa shape index (κ3) is 1.99. The Morgan fingerprint density at radius 1 is 1.47 bits per heavy atom. The van der Waals surface area contributed by atoms with Crippen molar-refractivity contribution in [1.29, 1.82) is 0 Å². The minimum Gasteiger partial charge on any atom is -0.337 e. The number of nitrogens with two attached hydrogens (primary N) is 1. The lowest BCUT2D eigenvalue weighted by Gasteiger charge is -1.98. The molecule has 2 aromatic rings. The number of hydrogen-bond acceptors (Lipinski definition) is 6. The van der Waals surface area contributed by atoms with E-state index in [1.165, 1.54) is 0 Å². The standard InChI is InChI=1S/C9H11N5O/c1-2-6(10)9-13-8(14-15-9)7-5-11-3-4-12-7/h3-6H,2,10H2,1H3/t6-/m1/s1. The number of rotatable bonds is 3. The second-order valence-corrected chi connectivity index (χ2v) is 3.06. The van der Waals surface area contributed by atoms with E-state index in [1.54, 1.807) is 18.6 Å². The fourth-order valence-corrected chi connectivity index (χ4v) is 1.08. The predicted molar refractivity (Wildman–Crippen MR) is 52.5 cm³/mol. The highest BCUT2D eigenvalue weighted by Gasteiger charge is 2.14. The predicted octanol–water partition coefficient (Wildman–Crippen LogP) is 0.936. The van der Waals surface area contributed by atoms with E-state index in [0.29, 0.717) is 17.4 Å². The molecule has 0 unspecified atom stereocenters. The van der Waals surface area contributed by atoms with Crippen LogP contribution < -0.4 is 5.73 Å². The molecule has 0 saturated carbocycles. The van der Waals surface area contributed by atoms with Gasteiger partial charge in [-0.25, -0.2) is 4.98 Å². The summed E-state index contributed by atoms with van der Waals surface area (Å²) in [5, 5.41) is 3.79. The minimum absolute atomic E-state index is 0.220. The first kappa shape index (κ1) is 9.72. The van der Waals surface area contributed by atoms with Crippen LogP contribution >= 0.6 is 0 Å². The number of aromatic nitrogens is 4. The molecule has 0 spiro atoms. The van der Waals surface area contributed by atoms with Crippen molar-refractivity contribution >= 4 is 0 Å². The Balaban J connectivity index is 2.28. The quantitative estimate of drug-likeness (QED) is 0.801. The van der Waals surface area contributed by atoms with E-state index < -0.39 is 0 Å².